The highest BCUT2D eigenvalue weighted by molar-refractivity contribution is 6.00. The minimum atomic E-state index is -0.611. The number of nitrogens with zero attached hydrogens (tertiary/aromatic N) is 1. The largest absolute Gasteiger partial charge is 0.482 e. The number of fused-ring (bicyclic) bond motifs is 2. The minimum absolute atomic E-state index is 0.0516. The first kappa shape index (κ1) is 25.4. The van der Waals surface area contributed by atoms with Gasteiger partial charge < -0.3 is 30.4 Å². The Bertz CT molecular complexity index is 1430. The number of rotatable bonds is 9. The fourth-order valence-electron chi connectivity index (χ4n) is 3.53. The van der Waals surface area contributed by atoms with Crippen molar-refractivity contribution in [1.82, 2.24) is 20.6 Å². The van der Waals surface area contributed by atoms with Crippen LogP contribution in [0.15, 0.2) is 41.2 Å². The summed E-state index contributed by atoms with van der Waals surface area (Å²) in [6, 6.07) is 9.34. The van der Waals surface area contributed by atoms with Gasteiger partial charge in [0, 0.05) is 12.1 Å². The van der Waals surface area contributed by atoms with Crippen LogP contribution in [0.5, 0.6) is 5.75 Å². The molecule has 4 rings (SSSR count). The predicted octanol–water partition coefficient (Wildman–Crippen LogP) is 1.26. The molecule has 2 heterocycles. The summed E-state index contributed by atoms with van der Waals surface area (Å²) in [5, 5.41) is 7.93. The standard InChI is InChI=1S/C25H25N5O7/c1-2-3-8-36-21(32)12-27-23(33)15-5-6-17-16(10-15)24(34)30-22(29-17)25(35)26-11-14-4-7-19-18(9-14)28-20(31)13-37-19/h4-7,9-10H,2-3,8,11-13H2,1H3,(H,26,35)(H,27,33)(H,28,31)(H,29,30,34). The molecule has 0 unspecified atom stereocenters. The number of H-pyrrole nitrogens is 1. The molecule has 3 aromatic rings. The van der Waals surface area contributed by atoms with Crippen molar-refractivity contribution in [3.05, 3.63) is 63.7 Å². The van der Waals surface area contributed by atoms with Gasteiger partial charge in [0.2, 0.25) is 0 Å². The van der Waals surface area contributed by atoms with Crippen molar-refractivity contribution in [2.75, 3.05) is 25.1 Å². The molecule has 0 saturated heterocycles. The van der Waals surface area contributed by atoms with Crippen LogP contribution < -0.4 is 26.2 Å². The Kier molecular flexibility index (Phi) is 7.77. The summed E-state index contributed by atoms with van der Waals surface area (Å²) in [5.41, 5.74) is 0.983. The maximum absolute atomic E-state index is 12.6. The van der Waals surface area contributed by atoms with Crippen molar-refractivity contribution in [3.63, 3.8) is 0 Å². The van der Waals surface area contributed by atoms with E-state index in [4.69, 9.17) is 9.47 Å². The second-order valence-electron chi connectivity index (χ2n) is 8.25. The van der Waals surface area contributed by atoms with E-state index in [1.165, 1.54) is 18.2 Å². The SMILES string of the molecule is CCCCOC(=O)CNC(=O)c1ccc2nc(C(=O)NCc3ccc4c(c3)NC(=O)CO4)[nH]c(=O)c2c1. The molecule has 4 N–H and O–H groups in total. The molecule has 3 amide bonds. The van der Waals surface area contributed by atoms with E-state index in [1.807, 2.05) is 6.92 Å². The van der Waals surface area contributed by atoms with E-state index < -0.39 is 23.3 Å². The molecule has 0 atom stereocenters. The van der Waals surface area contributed by atoms with Crippen LogP contribution in [0.3, 0.4) is 0 Å². The molecular formula is C25H25N5O7. The smallest absolute Gasteiger partial charge is 0.325 e. The number of hydrogen-bond donors (Lipinski definition) is 4. The first-order valence-corrected chi connectivity index (χ1v) is 11.7. The monoisotopic (exact) mass is 507 g/mol. The number of carbonyl (C=O) groups is 4. The van der Waals surface area contributed by atoms with Crippen molar-refractivity contribution in [2.24, 2.45) is 0 Å². The molecule has 1 aliphatic heterocycles. The number of amides is 3. The lowest BCUT2D eigenvalue weighted by Gasteiger charge is -2.18. The summed E-state index contributed by atoms with van der Waals surface area (Å²) < 4.78 is 10.3. The highest BCUT2D eigenvalue weighted by Crippen LogP contribution is 2.28. The zero-order chi connectivity index (χ0) is 26.4. The summed E-state index contributed by atoms with van der Waals surface area (Å²) in [6.07, 6.45) is 1.62. The Hall–Kier alpha value is -4.74. The van der Waals surface area contributed by atoms with Crippen molar-refractivity contribution in [3.8, 4) is 5.75 Å². The van der Waals surface area contributed by atoms with Gasteiger partial charge in [0.1, 0.15) is 12.3 Å². The van der Waals surface area contributed by atoms with Gasteiger partial charge in [-0.2, -0.15) is 0 Å². The van der Waals surface area contributed by atoms with Gasteiger partial charge in [-0.25, -0.2) is 4.98 Å². The van der Waals surface area contributed by atoms with E-state index in [-0.39, 0.29) is 47.9 Å². The highest BCUT2D eigenvalue weighted by atomic mass is 16.5. The molecule has 12 heteroatoms. The number of unbranched alkanes of at least 4 members (excludes halogenated alkanes) is 1. The summed E-state index contributed by atoms with van der Waals surface area (Å²) in [6.45, 7) is 2.03. The zero-order valence-electron chi connectivity index (χ0n) is 20.0. The molecule has 0 bridgehead atoms. The number of aromatic nitrogens is 2. The van der Waals surface area contributed by atoms with Crippen LogP contribution >= 0.6 is 0 Å². The van der Waals surface area contributed by atoms with Crippen molar-refractivity contribution in [2.45, 2.75) is 26.3 Å². The number of carbonyl (C=O) groups excluding carboxylic acids is 4. The number of hydrogen-bond acceptors (Lipinski definition) is 8. The van der Waals surface area contributed by atoms with E-state index in [0.717, 1.165) is 12.8 Å². The zero-order valence-corrected chi connectivity index (χ0v) is 20.0. The Balaban J connectivity index is 1.40. The molecule has 0 spiro atoms. The molecule has 0 radical (unpaired) electrons. The second-order valence-corrected chi connectivity index (χ2v) is 8.25. The van der Waals surface area contributed by atoms with Crippen molar-refractivity contribution < 1.29 is 28.7 Å². The molecule has 1 aromatic heterocycles. The maximum atomic E-state index is 12.6. The van der Waals surface area contributed by atoms with Crippen LogP contribution in [0.1, 0.15) is 46.3 Å². The lowest BCUT2D eigenvalue weighted by atomic mass is 10.1. The Morgan fingerprint density at radius 3 is 2.73 bits per heavy atom. The third-order valence-corrected chi connectivity index (χ3v) is 5.47. The van der Waals surface area contributed by atoms with Crippen LogP contribution in [0.4, 0.5) is 5.69 Å². The van der Waals surface area contributed by atoms with E-state index >= 15 is 0 Å². The molecule has 37 heavy (non-hydrogen) atoms. The van der Waals surface area contributed by atoms with Gasteiger partial charge in [0.05, 0.1) is 23.2 Å². The van der Waals surface area contributed by atoms with Crippen LogP contribution in [0.25, 0.3) is 10.9 Å². The van der Waals surface area contributed by atoms with E-state index in [9.17, 15) is 24.0 Å². The lowest BCUT2D eigenvalue weighted by molar-refractivity contribution is -0.142. The third kappa shape index (κ3) is 6.28. The Labute approximate surface area is 210 Å². The fraction of sp³-hybridized carbons (Fsp3) is 0.280. The Morgan fingerprint density at radius 2 is 1.92 bits per heavy atom. The highest BCUT2D eigenvalue weighted by Gasteiger charge is 2.17. The summed E-state index contributed by atoms with van der Waals surface area (Å²) >= 11 is 0. The lowest BCUT2D eigenvalue weighted by Crippen LogP contribution is -2.31. The van der Waals surface area contributed by atoms with Crippen molar-refractivity contribution in [1.29, 1.82) is 0 Å². The average Bonchev–Trinajstić information content (AvgIpc) is 2.90. The number of esters is 1. The molecule has 0 saturated carbocycles. The molecule has 0 fully saturated rings. The number of nitrogens with one attached hydrogen (secondary N) is 4. The van der Waals surface area contributed by atoms with Crippen LogP contribution in [0.2, 0.25) is 0 Å². The number of aromatic amines is 1. The number of benzene rings is 2. The molecule has 12 nitrogen and oxygen atoms in total. The van der Waals surface area contributed by atoms with Gasteiger partial charge >= 0.3 is 5.97 Å². The van der Waals surface area contributed by atoms with Gasteiger partial charge in [0.15, 0.2) is 12.4 Å². The van der Waals surface area contributed by atoms with Gasteiger partial charge in [-0.15, -0.1) is 0 Å². The van der Waals surface area contributed by atoms with Gasteiger partial charge in [0.25, 0.3) is 23.3 Å². The van der Waals surface area contributed by atoms with Crippen LogP contribution in [-0.2, 0) is 20.9 Å². The third-order valence-electron chi connectivity index (χ3n) is 5.47. The first-order chi connectivity index (χ1) is 17.8. The quantitative estimate of drug-likeness (QED) is 0.248. The topological polar surface area (TPSA) is 169 Å². The van der Waals surface area contributed by atoms with Crippen LogP contribution in [0, 0.1) is 0 Å². The van der Waals surface area contributed by atoms with Gasteiger partial charge in [-0.05, 0) is 42.3 Å². The van der Waals surface area contributed by atoms with E-state index in [0.29, 0.717) is 23.6 Å². The normalized spacial score (nSPS) is 12.2. The average molecular weight is 508 g/mol. The molecular weight excluding hydrogens is 482 g/mol. The summed E-state index contributed by atoms with van der Waals surface area (Å²) in [4.78, 5) is 67.4. The fourth-order valence-corrected chi connectivity index (χ4v) is 3.53. The van der Waals surface area contributed by atoms with Crippen LogP contribution in [-0.4, -0.2) is 53.4 Å². The molecule has 192 valence electrons. The Morgan fingerprint density at radius 1 is 1.08 bits per heavy atom. The van der Waals surface area contributed by atoms with Gasteiger partial charge in [-0.1, -0.05) is 19.4 Å². The minimum Gasteiger partial charge on any atom is -0.482 e. The molecule has 1 aliphatic rings. The molecule has 2 aromatic carbocycles. The summed E-state index contributed by atoms with van der Waals surface area (Å²) in [5.74, 6) is -1.64. The molecule has 0 aliphatic carbocycles. The maximum Gasteiger partial charge on any atom is 0.325 e. The predicted molar refractivity (Wildman–Crippen MR) is 132 cm³/mol. The van der Waals surface area contributed by atoms with Crippen molar-refractivity contribution >= 4 is 40.3 Å². The number of ether oxygens (including phenoxy) is 2. The van der Waals surface area contributed by atoms with E-state index in [1.54, 1.807) is 18.2 Å². The summed E-state index contributed by atoms with van der Waals surface area (Å²) in [7, 11) is 0. The van der Waals surface area contributed by atoms with E-state index in [2.05, 4.69) is 25.9 Å². The van der Waals surface area contributed by atoms with Gasteiger partial charge in [-0.3, -0.25) is 24.0 Å². The first-order valence-electron chi connectivity index (χ1n) is 11.7. The second kappa shape index (κ2) is 11.3. The number of anilines is 1.